The van der Waals surface area contributed by atoms with Gasteiger partial charge in [-0.2, -0.15) is 0 Å². The van der Waals surface area contributed by atoms with E-state index in [1.165, 1.54) is 17.7 Å². The summed E-state index contributed by atoms with van der Waals surface area (Å²) in [6.45, 7) is 0. The van der Waals surface area contributed by atoms with Gasteiger partial charge < -0.3 is 10.6 Å². The van der Waals surface area contributed by atoms with E-state index in [9.17, 15) is 13.2 Å². The summed E-state index contributed by atoms with van der Waals surface area (Å²) in [5.41, 5.74) is 4.58. The highest BCUT2D eigenvalue weighted by Gasteiger charge is 2.15. The standard InChI is InChI=1S/C24H24Cl2N4O3S2/c25-21-14-13-19(16-22(21)26)28-24(34)29-30-35(32,33)20-11-6-10-18(15-20)27-23(31)12-5-4-9-17-7-2-1-3-8-17/h1-3,6-8,10-11,13-16,30H,4-5,9,12H2,(H,27,31)(H2,28,29,34). The molecule has 0 fully saturated rings. The fourth-order valence-corrected chi connectivity index (χ4v) is 4.56. The number of nitrogens with one attached hydrogen (secondary N) is 4. The van der Waals surface area contributed by atoms with Crippen molar-refractivity contribution in [2.75, 3.05) is 10.6 Å². The smallest absolute Gasteiger partial charge is 0.257 e. The first kappa shape index (κ1) is 26.9. The Hall–Kier alpha value is -2.69. The first-order chi connectivity index (χ1) is 16.7. The number of hydrazine groups is 1. The molecule has 7 nitrogen and oxygen atoms in total. The Kier molecular flexibility index (Phi) is 9.88. The van der Waals surface area contributed by atoms with E-state index in [0.717, 1.165) is 19.3 Å². The number of aryl methyl sites for hydroxylation is 1. The third-order valence-electron chi connectivity index (χ3n) is 4.87. The number of hydrogen-bond donors (Lipinski definition) is 4. The third kappa shape index (κ3) is 8.79. The largest absolute Gasteiger partial charge is 0.332 e. The fraction of sp³-hybridized carbons (Fsp3) is 0.167. The number of benzene rings is 3. The van der Waals surface area contributed by atoms with Gasteiger partial charge >= 0.3 is 0 Å². The highest BCUT2D eigenvalue weighted by molar-refractivity contribution is 7.89. The number of carbonyl (C=O) groups is 1. The summed E-state index contributed by atoms with van der Waals surface area (Å²) in [5, 5.41) is 6.27. The fourth-order valence-electron chi connectivity index (χ4n) is 3.13. The van der Waals surface area contributed by atoms with Gasteiger partial charge in [-0.3, -0.25) is 10.2 Å². The molecule has 3 aromatic rings. The lowest BCUT2D eigenvalue weighted by molar-refractivity contribution is -0.116. The third-order valence-corrected chi connectivity index (χ3v) is 7.06. The van der Waals surface area contributed by atoms with Crippen LogP contribution < -0.4 is 20.9 Å². The van der Waals surface area contributed by atoms with Crippen LogP contribution in [0.1, 0.15) is 24.8 Å². The number of hydrogen-bond acceptors (Lipinski definition) is 4. The molecule has 0 heterocycles. The van der Waals surface area contributed by atoms with Crippen LogP contribution in [-0.2, 0) is 21.2 Å². The van der Waals surface area contributed by atoms with Crippen molar-refractivity contribution < 1.29 is 13.2 Å². The van der Waals surface area contributed by atoms with Crippen LogP contribution in [0.3, 0.4) is 0 Å². The summed E-state index contributed by atoms with van der Waals surface area (Å²) in [4.78, 5) is 14.5. The molecule has 35 heavy (non-hydrogen) atoms. The number of rotatable bonds is 10. The molecule has 0 aromatic heterocycles. The summed E-state index contributed by atoms with van der Waals surface area (Å²) in [5.74, 6) is -0.175. The van der Waals surface area contributed by atoms with Crippen molar-refractivity contribution in [2.24, 2.45) is 0 Å². The number of halogens is 2. The summed E-state index contributed by atoms with van der Waals surface area (Å²) < 4.78 is 25.3. The molecule has 0 spiro atoms. The van der Waals surface area contributed by atoms with Crippen molar-refractivity contribution in [3.05, 3.63) is 88.4 Å². The molecule has 0 bridgehead atoms. The number of carbonyl (C=O) groups excluding carboxylic acids is 1. The van der Waals surface area contributed by atoms with Gasteiger partial charge in [-0.1, -0.05) is 59.6 Å². The molecular weight excluding hydrogens is 527 g/mol. The van der Waals surface area contributed by atoms with Crippen molar-refractivity contribution >= 4 is 67.8 Å². The average molecular weight is 552 g/mol. The molecule has 1 amide bonds. The van der Waals surface area contributed by atoms with Crippen LogP contribution in [0, 0.1) is 0 Å². The molecule has 0 aliphatic rings. The first-order valence-electron chi connectivity index (χ1n) is 10.7. The van der Waals surface area contributed by atoms with Crippen molar-refractivity contribution in [1.29, 1.82) is 0 Å². The van der Waals surface area contributed by atoms with E-state index in [-0.39, 0.29) is 15.9 Å². The van der Waals surface area contributed by atoms with E-state index < -0.39 is 10.0 Å². The van der Waals surface area contributed by atoms with Crippen LogP contribution in [0.15, 0.2) is 77.7 Å². The lowest BCUT2D eigenvalue weighted by atomic mass is 10.1. The molecule has 0 aliphatic carbocycles. The maximum atomic E-state index is 12.7. The zero-order valence-corrected chi connectivity index (χ0v) is 21.7. The van der Waals surface area contributed by atoms with Gasteiger partial charge in [-0.15, -0.1) is 4.83 Å². The van der Waals surface area contributed by atoms with Crippen molar-refractivity contribution in [1.82, 2.24) is 10.3 Å². The predicted octanol–water partition coefficient (Wildman–Crippen LogP) is 5.52. The second kappa shape index (κ2) is 12.9. The lowest BCUT2D eigenvalue weighted by Crippen LogP contribution is -2.43. The highest BCUT2D eigenvalue weighted by Crippen LogP contribution is 2.25. The van der Waals surface area contributed by atoms with Crippen LogP contribution in [0.5, 0.6) is 0 Å². The number of amides is 1. The van der Waals surface area contributed by atoms with E-state index >= 15 is 0 Å². The molecule has 4 N–H and O–H groups in total. The Morgan fingerprint density at radius 3 is 2.31 bits per heavy atom. The van der Waals surface area contributed by atoms with E-state index in [2.05, 4.69) is 33.0 Å². The van der Waals surface area contributed by atoms with Crippen LogP contribution in [-0.4, -0.2) is 19.4 Å². The molecule has 184 valence electrons. The number of sulfonamides is 1. The van der Waals surface area contributed by atoms with E-state index in [1.807, 2.05) is 18.2 Å². The molecule has 0 radical (unpaired) electrons. The van der Waals surface area contributed by atoms with Gasteiger partial charge in [0, 0.05) is 17.8 Å². The number of anilines is 2. The molecule has 0 saturated carbocycles. The van der Waals surface area contributed by atoms with E-state index in [0.29, 0.717) is 27.8 Å². The van der Waals surface area contributed by atoms with E-state index in [4.69, 9.17) is 35.4 Å². The quantitative estimate of drug-likeness (QED) is 0.150. The SMILES string of the molecule is O=C(CCCCc1ccccc1)Nc1cccc(S(=O)(=O)NNC(=S)Nc2ccc(Cl)c(Cl)c2)c1. The highest BCUT2D eigenvalue weighted by atomic mass is 35.5. The van der Waals surface area contributed by atoms with Crippen molar-refractivity contribution in [3.63, 3.8) is 0 Å². The summed E-state index contributed by atoms with van der Waals surface area (Å²) >= 11 is 17.0. The first-order valence-corrected chi connectivity index (χ1v) is 13.4. The van der Waals surface area contributed by atoms with Crippen LogP contribution in [0.25, 0.3) is 0 Å². The van der Waals surface area contributed by atoms with Gasteiger partial charge in [0.1, 0.15) is 0 Å². The predicted molar refractivity (Wildman–Crippen MR) is 145 cm³/mol. The Bertz CT molecular complexity index is 1290. The Labute approximate surface area is 220 Å². The van der Waals surface area contributed by atoms with Gasteiger partial charge in [0.15, 0.2) is 5.11 Å². The number of thiocarbonyl (C=S) groups is 1. The maximum absolute atomic E-state index is 12.7. The van der Waals surface area contributed by atoms with E-state index in [1.54, 1.807) is 30.3 Å². The molecule has 0 unspecified atom stereocenters. The van der Waals surface area contributed by atoms with Crippen molar-refractivity contribution in [3.8, 4) is 0 Å². The number of unbranched alkanes of at least 4 members (excludes halogenated alkanes) is 1. The van der Waals surface area contributed by atoms with Crippen LogP contribution >= 0.6 is 35.4 Å². The van der Waals surface area contributed by atoms with Gasteiger partial charge in [0.05, 0.1) is 14.9 Å². The topological polar surface area (TPSA) is 99.3 Å². The zero-order chi connectivity index (χ0) is 25.3. The van der Waals surface area contributed by atoms with Crippen LogP contribution in [0.4, 0.5) is 11.4 Å². The second-order valence-corrected chi connectivity index (χ2v) is 10.5. The second-order valence-electron chi connectivity index (χ2n) is 7.58. The molecule has 3 aromatic carbocycles. The Morgan fingerprint density at radius 1 is 0.829 bits per heavy atom. The monoisotopic (exact) mass is 550 g/mol. The van der Waals surface area contributed by atoms with Gasteiger partial charge in [-0.25, -0.2) is 8.42 Å². The summed E-state index contributed by atoms with van der Waals surface area (Å²) in [6.07, 6.45) is 2.87. The van der Waals surface area contributed by atoms with Gasteiger partial charge in [0.2, 0.25) is 5.91 Å². The minimum atomic E-state index is -3.96. The molecular formula is C24H24Cl2N4O3S2. The molecule has 0 saturated heterocycles. The summed E-state index contributed by atoms with van der Waals surface area (Å²) in [7, 11) is -3.96. The minimum Gasteiger partial charge on any atom is -0.332 e. The Balaban J connectivity index is 1.48. The molecule has 3 rings (SSSR count). The van der Waals surface area contributed by atoms with Gasteiger partial charge in [0.25, 0.3) is 10.0 Å². The van der Waals surface area contributed by atoms with Crippen molar-refractivity contribution in [2.45, 2.75) is 30.6 Å². The van der Waals surface area contributed by atoms with Gasteiger partial charge in [-0.05, 0) is 73.4 Å². The summed E-state index contributed by atoms with van der Waals surface area (Å²) in [6, 6.07) is 20.8. The molecule has 0 aliphatic heterocycles. The minimum absolute atomic E-state index is 0.00641. The van der Waals surface area contributed by atoms with Crippen LogP contribution in [0.2, 0.25) is 10.0 Å². The maximum Gasteiger partial charge on any atom is 0.257 e. The average Bonchev–Trinajstić information content (AvgIpc) is 2.84. The normalized spacial score (nSPS) is 11.0. The Morgan fingerprint density at radius 2 is 1.57 bits per heavy atom. The lowest BCUT2D eigenvalue weighted by Gasteiger charge is -2.13. The molecule has 11 heteroatoms. The zero-order valence-electron chi connectivity index (χ0n) is 18.6. The molecule has 0 atom stereocenters.